The molecule has 0 spiro atoms. The number of hydrogen-bond acceptors (Lipinski definition) is 4. The predicted octanol–water partition coefficient (Wildman–Crippen LogP) is 0.256. The van der Waals surface area contributed by atoms with E-state index >= 15 is 0 Å². The van der Waals surface area contributed by atoms with Gasteiger partial charge in [-0.3, -0.25) is 4.79 Å². The number of methoxy groups -OCH3 is 1. The van der Waals surface area contributed by atoms with Crippen LogP contribution < -0.4 is 0 Å². The topological polar surface area (TPSA) is 61.2 Å². The van der Waals surface area contributed by atoms with Crippen LogP contribution in [0.4, 0.5) is 0 Å². The number of ether oxygens (including phenoxy) is 1. The van der Waals surface area contributed by atoms with E-state index in [0.29, 0.717) is 24.5 Å². The summed E-state index contributed by atoms with van der Waals surface area (Å²) in [7, 11) is 1.30. The first kappa shape index (κ1) is 7.97. The van der Waals surface area contributed by atoms with E-state index in [1.54, 1.807) is 4.57 Å². The molecule has 1 aromatic heterocycles. The number of carbonyl (C=O) groups excluding carboxylic acids is 2. The molecule has 0 N–H and O–H groups in total. The van der Waals surface area contributed by atoms with Crippen LogP contribution in [-0.2, 0) is 11.3 Å². The maximum absolute atomic E-state index is 11.2. The standard InChI is InChI=1S/C8H8N2O3/c1-13-8(12)5-4-9-7-6(11)2-3-10(5)7/h4H,2-3H2,1H3. The van der Waals surface area contributed by atoms with Crippen molar-refractivity contribution >= 4 is 11.8 Å². The van der Waals surface area contributed by atoms with Crippen molar-refractivity contribution in [3.05, 3.63) is 17.7 Å². The molecule has 1 aliphatic rings. The molecule has 5 heteroatoms. The first-order valence-electron chi connectivity index (χ1n) is 3.91. The van der Waals surface area contributed by atoms with Crippen molar-refractivity contribution in [1.82, 2.24) is 9.55 Å². The lowest BCUT2D eigenvalue weighted by Gasteiger charge is -2.00. The van der Waals surface area contributed by atoms with E-state index in [1.165, 1.54) is 13.3 Å². The summed E-state index contributed by atoms with van der Waals surface area (Å²) in [5.74, 6) is -0.107. The Bertz CT molecular complexity index is 381. The SMILES string of the molecule is COC(=O)c1cnc2n1CCC2=O. The summed E-state index contributed by atoms with van der Waals surface area (Å²) in [6.07, 6.45) is 1.80. The second-order valence-electron chi connectivity index (χ2n) is 2.78. The second-order valence-corrected chi connectivity index (χ2v) is 2.78. The molecule has 0 saturated carbocycles. The van der Waals surface area contributed by atoms with Crippen LogP contribution >= 0.6 is 0 Å². The highest BCUT2D eigenvalue weighted by atomic mass is 16.5. The summed E-state index contributed by atoms with van der Waals surface area (Å²) in [6, 6.07) is 0. The van der Waals surface area contributed by atoms with Gasteiger partial charge < -0.3 is 9.30 Å². The van der Waals surface area contributed by atoms with Crippen molar-refractivity contribution < 1.29 is 14.3 Å². The molecule has 2 heterocycles. The van der Waals surface area contributed by atoms with E-state index in [-0.39, 0.29) is 5.78 Å². The Hall–Kier alpha value is -1.65. The van der Waals surface area contributed by atoms with Gasteiger partial charge in [0.1, 0.15) is 5.69 Å². The van der Waals surface area contributed by atoms with Crippen LogP contribution in [0.5, 0.6) is 0 Å². The zero-order valence-corrected chi connectivity index (χ0v) is 7.11. The smallest absolute Gasteiger partial charge is 0.356 e. The van der Waals surface area contributed by atoms with Crippen LogP contribution in [0.2, 0.25) is 0 Å². The molecular formula is C8H8N2O3. The third kappa shape index (κ3) is 1.04. The molecule has 13 heavy (non-hydrogen) atoms. The highest BCUT2D eigenvalue weighted by Crippen LogP contribution is 2.16. The number of Topliss-reactive ketones (excluding diaryl/α,β-unsaturated/α-hetero) is 1. The minimum absolute atomic E-state index is 0.0184. The molecule has 2 rings (SSSR count). The van der Waals surface area contributed by atoms with Gasteiger partial charge in [0.15, 0.2) is 11.6 Å². The van der Waals surface area contributed by atoms with Gasteiger partial charge in [-0.15, -0.1) is 0 Å². The summed E-state index contributed by atoms with van der Waals surface area (Å²) in [5.41, 5.74) is 0.350. The number of hydrogen-bond donors (Lipinski definition) is 0. The lowest BCUT2D eigenvalue weighted by atomic mass is 10.3. The number of imidazole rings is 1. The zero-order valence-electron chi connectivity index (χ0n) is 7.11. The lowest BCUT2D eigenvalue weighted by molar-refractivity contribution is 0.0588. The monoisotopic (exact) mass is 180 g/mol. The molecule has 0 fully saturated rings. The average Bonchev–Trinajstić information content (AvgIpc) is 2.68. The molecule has 0 amide bonds. The van der Waals surface area contributed by atoms with E-state index in [1.807, 2.05) is 0 Å². The van der Waals surface area contributed by atoms with E-state index < -0.39 is 5.97 Å². The molecule has 1 aliphatic heterocycles. The average molecular weight is 180 g/mol. The quantitative estimate of drug-likeness (QED) is 0.581. The minimum Gasteiger partial charge on any atom is -0.464 e. The number of nitrogens with zero attached hydrogens (tertiary/aromatic N) is 2. The maximum atomic E-state index is 11.2. The van der Waals surface area contributed by atoms with Gasteiger partial charge in [-0.05, 0) is 0 Å². The van der Waals surface area contributed by atoms with Gasteiger partial charge in [-0.2, -0.15) is 0 Å². The molecule has 0 atom stereocenters. The molecule has 0 aromatic carbocycles. The number of carbonyl (C=O) groups is 2. The summed E-state index contributed by atoms with van der Waals surface area (Å²) in [5, 5.41) is 0. The van der Waals surface area contributed by atoms with Crippen LogP contribution in [0.15, 0.2) is 6.20 Å². The normalized spacial score (nSPS) is 14.4. The highest BCUT2D eigenvalue weighted by molar-refractivity contribution is 5.97. The van der Waals surface area contributed by atoms with Gasteiger partial charge in [0.2, 0.25) is 0 Å². The van der Waals surface area contributed by atoms with Crippen molar-refractivity contribution in [2.75, 3.05) is 7.11 Å². The van der Waals surface area contributed by atoms with Crippen molar-refractivity contribution in [3.8, 4) is 0 Å². The fourth-order valence-corrected chi connectivity index (χ4v) is 1.42. The number of rotatable bonds is 1. The molecule has 1 aromatic rings. The molecule has 0 aliphatic carbocycles. The highest BCUT2D eigenvalue weighted by Gasteiger charge is 2.26. The summed E-state index contributed by atoms with van der Waals surface area (Å²) in [4.78, 5) is 26.2. The van der Waals surface area contributed by atoms with Gasteiger partial charge >= 0.3 is 5.97 Å². The first-order valence-corrected chi connectivity index (χ1v) is 3.91. The number of aromatic nitrogens is 2. The Morgan fingerprint density at radius 1 is 1.69 bits per heavy atom. The summed E-state index contributed by atoms with van der Waals surface area (Å²) < 4.78 is 6.14. The van der Waals surface area contributed by atoms with Gasteiger partial charge in [0.05, 0.1) is 13.3 Å². The van der Waals surface area contributed by atoms with Crippen molar-refractivity contribution in [2.45, 2.75) is 13.0 Å². The van der Waals surface area contributed by atoms with Crippen LogP contribution in [0.1, 0.15) is 27.5 Å². The third-order valence-corrected chi connectivity index (χ3v) is 2.06. The van der Waals surface area contributed by atoms with Gasteiger partial charge in [0.25, 0.3) is 0 Å². The van der Waals surface area contributed by atoms with Crippen LogP contribution in [-0.4, -0.2) is 28.4 Å². The fraction of sp³-hybridized carbons (Fsp3) is 0.375. The number of esters is 1. The molecule has 5 nitrogen and oxygen atoms in total. The molecule has 0 saturated heterocycles. The van der Waals surface area contributed by atoms with E-state index in [4.69, 9.17) is 0 Å². The van der Waals surface area contributed by atoms with Crippen molar-refractivity contribution in [1.29, 1.82) is 0 Å². The largest absolute Gasteiger partial charge is 0.464 e. The van der Waals surface area contributed by atoms with Crippen molar-refractivity contribution in [2.24, 2.45) is 0 Å². The Kier molecular flexibility index (Phi) is 1.65. The van der Waals surface area contributed by atoms with Crippen LogP contribution in [0, 0.1) is 0 Å². The molecular weight excluding hydrogens is 172 g/mol. The minimum atomic E-state index is -0.451. The van der Waals surface area contributed by atoms with E-state index in [0.717, 1.165) is 0 Å². The van der Waals surface area contributed by atoms with E-state index in [9.17, 15) is 9.59 Å². The maximum Gasteiger partial charge on any atom is 0.356 e. The predicted molar refractivity (Wildman–Crippen MR) is 42.5 cm³/mol. The van der Waals surface area contributed by atoms with Crippen LogP contribution in [0.25, 0.3) is 0 Å². The summed E-state index contributed by atoms with van der Waals surface area (Å²) >= 11 is 0. The van der Waals surface area contributed by atoms with Gasteiger partial charge in [-0.1, -0.05) is 0 Å². The number of ketones is 1. The third-order valence-electron chi connectivity index (χ3n) is 2.06. The van der Waals surface area contributed by atoms with E-state index in [2.05, 4.69) is 9.72 Å². The second kappa shape index (κ2) is 2.69. The first-order chi connectivity index (χ1) is 6.24. The Morgan fingerprint density at radius 2 is 2.46 bits per heavy atom. The van der Waals surface area contributed by atoms with Crippen LogP contribution in [0.3, 0.4) is 0 Å². The van der Waals surface area contributed by atoms with Gasteiger partial charge in [-0.25, -0.2) is 9.78 Å². The summed E-state index contributed by atoms with van der Waals surface area (Å²) in [6.45, 7) is 0.526. The van der Waals surface area contributed by atoms with Crippen molar-refractivity contribution in [3.63, 3.8) is 0 Å². The Labute approximate surface area is 74.3 Å². The lowest BCUT2D eigenvalue weighted by Crippen LogP contribution is -2.08. The molecule has 68 valence electrons. The van der Waals surface area contributed by atoms with Gasteiger partial charge in [0, 0.05) is 13.0 Å². The number of fused-ring (bicyclic) bond motifs is 1. The molecule has 0 radical (unpaired) electrons. The Morgan fingerprint density at radius 3 is 3.15 bits per heavy atom. The Balaban J connectivity index is 2.46. The molecule has 0 unspecified atom stereocenters. The molecule has 0 bridgehead atoms. The fourth-order valence-electron chi connectivity index (χ4n) is 1.42. The zero-order chi connectivity index (χ0) is 9.42.